The quantitative estimate of drug-likeness (QED) is 0.665. The van der Waals surface area contributed by atoms with Gasteiger partial charge >= 0.3 is 0 Å². The predicted octanol–water partition coefficient (Wildman–Crippen LogP) is 2.44. The lowest BCUT2D eigenvalue weighted by atomic mass is 10.1. The Morgan fingerprint density at radius 1 is 1.18 bits per heavy atom. The molecule has 0 saturated heterocycles. The number of anilines is 1. The van der Waals surface area contributed by atoms with Gasteiger partial charge in [-0.1, -0.05) is 12.1 Å². The fraction of sp³-hybridized carbons (Fsp3) is 0.211. The summed E-state index contributed by atoms with van der Waals surface area (Å²) < 4.78 is 12.1. The molecular weight excluding hydrogens is 380 g/mol. The third-order valence-corrected chi connectivity index (χ3v) is 5.10. The Morgan fingerprint density at radius 3 is 2.86 bits per heavy atom. The van der Waals surface area contributed by atoms with Gasteiger partial charge in [-0.3, -0.25) is 14.3 Å². The zero-order valence-corrected chi connectivity index (χ0v) is 15.9. The van der Waals surface area contributed by atoms with Gasteiger partial charge in [0, 0.05) is 19.7 Å². The second-order valence-electron chi connectivity index (χ2n) is 6.16. The maximum absolute atomic E-state index is 12.4. The van der Waals surface area contributed by atoms with Gasteiger partial charge in [0.25, 0.3) is 11.8 Å². The lowest BCUT2D eigenvalue weighted by molar-refractivity contribution is 0.0947. The molecule has 1 aliphatic rings. The van der Waals surface area contributed by atoms with E-state index in [1.54, 1.807) is 19.2 Å². The fourth-order valence-corrected chi connectivity index (χ4v) is 3.41. The Hall–Kier alpha value is -3.33. The van der Waals surface area contributed by atoms with E-state index in [0.29, 0.717) is 23.7 Å². The highest BCUT2D eigenvalue weighted by Gasteiger charge is 2.16. The van der Waals surface area contributed by atoms with Crippen molar-refractivity contribution < 1.29 is 19.1 Å². The van der Waals surface area contributed by atoms with Gasteiger partial charge in [-0.05, 0) is 35.6 Å². The number of nitrogens with one attached hydrogen (secondary N) is 2. The highest BCUT2D eigenvalue weighted by Crippen LogP contribution is 2.32. The summed E-state index contributed by atoms with van der Waals surface area (Å²) in [6.45, 7) is 0.687. The topological polar surface area (TPSA) is 94.5 Å². The summed E-state index contributed by atoms with van der Waals surface area (Å²) >= 11 is 1.35. The first-order chi connectivity index (χ1) is 13.6. The summed E-state index contributed by atoms with van der Waals surface area (Å²) in [5.74, 6) is 1.39. The molecule has 2 N–H and O–H groups in total. The third kappa shape index (κ3) is 3.84. The minimum absolute atomic E-state index is 0.229. The number of thiophene rings is 1. The Bertz CT molecular complexity index is 1010. The number of aromatic nitrogens is 2. The van der Waals surface area contributed by atoms with Crippen LogP contribution in [-0.2, 0) is 13.5 Å². The molecule has 2 amide bonds. The van der Waals surface area contributed by atoms with Gasteiger partial charge < -0.3 is 20.1 Å². The predicted molar refractivity (Wildman–Crippen MR) is 104 cm³/mol. The molecule has 0 aliphatic carbocycles. The molecule has 28 heavy (non-hydrogen) atoms. The van der Waals surface area contributed by atoms with Crippen LogP contribution in [0.25, 0.3) is 0 Å². The molecule has 1 aromatic carbocycles. The standard InChI is InChI=1S/C19H18N4O4S/c1-23-17(21-19(25)16-3-2-8-28-16)10-13(22-23)18(24)20-7-6-12-4-5-14-15(9-12)27-11-26-14/h2-5,8-10H,6-7,11H2,1H3,(H,20,24)(H,21,25). The van der Waals surface area contributed by atoms with E-state index in [2.05, 4.69) is 15.7 Å². The van der Waals surface area contributed by atoms with Crippen LogP contribution in [0.1, 0.15) is 25.7 Å². The largest absolute Gasteiger partial charge is 0.454 e. The monoisotopic (exact) mass is 398 g/mol. The molecule has 144 valence electrons. The van der Waals surface area contributed by atoms with Crippen LogP contribution in [0.3, 0.4) is 0 Å². The van der Waals surface area contributed by atoms with Gasteiger partial charge in [0.15, 0.2) is 17.2 Å². The highest BCUT2D eigenvalue weighted by molar-refractivity contribution is 7.12. The van der Waals surface area contributed by atoms with Crippen molar-refractivity contribution in [3.63, 3.8) is 0 Å². The van der Waals surface area contributed by atoms with Crippen molar-refractivity contribution in [2.24, 2.45) is 7.05 Å². The number of benzene rings is 1. The van der Waals surface area contributed by atoms with Crippen LogP contribution in [0, 0.1) is 0 Å². The van der Waals surface area contributed by atoms with E-state index < -0.39 is 0 Å². The molecule has 3 heterocycles. The van der Waals surface area contributed by atoms with Crippen LogP contribution in [-0.4, -0.2) is 34.9 Å². The number of nitrogens with zero attached hydrogens (tertiary/aromatic N) is 2. The van der Waals surface area contributed by atoms with Gasteiger partial charge in [-0.15, -0.1) is 11.3 Å². The summed E-state index contributed by atoms with van der Waals surface area (Å²) in [5.41, 5.74) is 1.28. The molecule has 8 nitrogen and oxygen atoms in total. The van der Waals surface area contributed by atoms with Gasteiger partial charge in [0.05, 0.1) is 4.88 Å². The number of hydrogen-bond acceptors (Lipinski definition) is 6. The Labute approximate surface area is 165 Å². The maximum atomic E-state index is 12.4. The SMILES string of the molecule is Cn1nc(C(=O)NCCc2ccc3c(c2)OCO3)cc1NC(=O)c1cccs1. The summed E-state index contributed by atoms with van der Waals surface area (Å²) in [5, 5.41) is 11.6. The molecule has 0 fully saturated rings. The van der Waals surface area contributed by atoms with E-state index in [-0.39, 0.29) is 24.3 Å². The zero-order chi connectivity index (χ0) is 19.5. The van der Waals surface area contributed by atoms with Crippen molar-refractivity contribution in [2.45, 2.75) is 6.42 Å². The molecule has 0 saturated carbocycles. The lowest BCUT2D eigenvalue weighted by Gasteiger charge is -2.04. The van der Waals surface area contributed by atoms with E-state index in [1.165, 1.54) is 16.0 Å². The van der Waals surface area contributed by atoms with Crippen LogP contribution < -0.4 is 20.1 Å². The van der Waals surface area contributed by atoms with E-state index >= 15 is 0 Å². The number of amides is 2. The number of hydrogen-bond donors (Lipinski definition) is 2. The molecule has 0 radical (unpaired) electrons. The van der Waals surface area contributed by atoms with Crippen molar-refractivity contribution in [3.05, 3.63) is 57.9 Å². The second-order valence-corrected chi connectivity index (χ2v) is 7.11. The molecule has 4 rings (SSSR count). The van der Waals surface area contributed by atoms with Crippen LogP contribution in [0.15, 0.2) is 41.8 Å². The maximum Gasteiger partial charge on any atom is 0.271 e. The molecule has 1 aliphatic heterocycles. The first-order valence-electron chi connectivity index (χ1n) is 8.66. The number of aryl methyl sites for hydroxylation is 1. The average Bonchev–Trinajstić information content (AvgIpc) is 3.42. The number of fused-ring (bicyclic) bond motifs is 1. The van der Waals surface area contributed by atoms with Crippen LogP contribution in [0.2, 0.25) is 0 Å². The van der Waals surface area contributed by atoms with Crippen LogP contribution >= 0.6 is 11.3 Å². The molecule has 0 spiro atoms. The smallest absolute Gasteiger partial charge is 0.271 e. The molecule has 0 atom stereocenters. The second kappa shape index (κ2) is 7.73. The Morgan fingerprint density at radius 2 is 2.04 bits per heavy atom. The molecule has 9 heteroatoms. The van der Waals surface area contributed by atoms with E-state index in [4.69, 9.17) is 9.47 Å². The Kier molecular flexibility index (Phi) is 4.98. The van der Waals surface area contributed by atoms with Gasteiger partial charge in [-0.2, -0.15) is 5.10 Å². The van der Waals surface area contributed by atoms with Crippen molar-refractivity contribution in [2.75, 3.05) is 18.7 Å². The zero-order valence-electron chi connectivity index (χ0n) is 15.1. The number of rotatable bonds is 6. The van der Waals surface area contributed by atoms with Crippen LogP contribution in [0.4, 0.5) is 5.82 Å². The third-order valence-electron chi connectivity index (χ3n) is 4.24. The summed E-state index contributed by atoms with van der Waals surface area (Å²) in [7, 11) is 1.67. The molecule has 3 aromatic rings. The summed E-state index contributed by atoms with van der Waals surface area (Å²) in [6, 6.07) is 10.8. The molecule has 0 unspecified atom stereocenters. The highest BCUT2D eigenvalue weighted by atomic mass is 32.1. The van der Waals surface area contributed by atoms with Crippen LogP contribution in [0.5, 0.6) is 11.5 Å². The number of carbonyl (C=O) groups is 2. The summed E-state index contributed by atoms with van der Waals surface area (Å²) in [4.78, 5) is 25.1. The van der Waals surface area contributed by atoms with Crippen molar-refractivity contribution >= 4 is 29.0 Å². The lowest BCUT2D eigenvalue weighted by Crippen LogP contribution is -2.26. The van der Waals surface area contributed by atoms with E-state index in [1.807, 2.05) is 29.6 Å². The summed E-state index contributed by atoms with van der Waals surface area (Å²) in [6.07, 6.45) is 0.650. The van der Waals surface area contributed by atoms with Gasteiger partial charge in [0.2, 0.25) is 6.79 Å². The van der Waals surface area contributed by atoms with E-state index in [0.717, 1.165) is 17.1 Å². The molecule has 0 bridgehead atoms. The fourth-order valence-electron chi connectivity index (χ4n) is 2.79. The first kappa shape index (κ1) is 18.1. The minimum Gasteiger partial charge on any atom is -0.454 e. The molecular formula is C19H18N4O4S. The molecule has 2 aromatic heterocycles. The first-order valence-corrected chi connectivity index (χ1v) is 9.54. The van der Waals surface area contributed by atoms with Gasteiger partial charge in [0.1, 0.15) is 5.82 Å². The van der Waals surface area contributed by atoms with E-state index in [9.17, 15) is 9.59 Å². The van der Waals surface area contributed by atoms with Crippen molar-refractivity contribution in [3.8, 4) is 11.5 Å². The minimum atomic E-state index is -0.298. The number of carbonyl (C=O) groups excluding carboxylic acids is 2. The van der Waals surface area contributed by atoms with Crippen molar-refractivity contribution in [1.29, 1.82) is 0 Å². The normalized spacial score (nSPS) is 12.0. The average molecular weight is 398 g/mol. The number of ether oxygens (including phenoxy) is 2. The van der Waals surface area contributed by atoms with Crippen molar-refractivity contribution in [1.82, 2.24) is 15.1 Å². The Balaban J connectivity index is 1.33. The van der Waals surface area contributed by atoms with Gasteiger partial charge in [-0.25, -0.2) is 0 Å².